The van der Waals surface area contributed by atoms with Crippen LogP contribution in [-0.2, 0) is 9.59 Å². The van der Waals surface area contributed by atoms with E-state index in [1.807, 2.05) is 38.1 Å². The summed E-state index contributed by atoms with van der Waals surface area (Å²) in [6, 6.07) is 7.72. The van der Waals surface area contributed by atoms with Crippen LogP contribution in [0.4, 0.5) is 5.69 Å². The molecule has 3 nitrogen and oxygen atoms in total. The maximum absolute atomic E-state index is 11.8. The number of rotatable bonds is 4. The zero-order valence-corrected chi connectivity index (χ0v) is 12.6. The highest BCUT2D eigenvalue weighted by atomic mass is 32.2. The summed E-state index contributed by atoms with van der Waals surface area (Å²) in [5.74, 6) is 0.151. The summed E-state index contributed by atoms with van der Waals surface area (Å²) in [4.78, 5) is 25.3. The van der Waals surface area contributed by atoms with Crippen molar-refractivity contribution in [1.82, 2.24) is 0 Å². The van der Waals surface area contributed by atoms with E-state index in [9.17, 15) is 9.59 Å². The Bertz CT molecular complexity index is 549. The molecule has 0 aromatic heterocycles. The van der Waals surface area contributed by atoms with Gasteiger partial charge in [0.05, 0.1) is 5.69 Å². The first-order valence-corrected chi connectivity index (χ1v) is 7.69. The first kappa shape index (κ1) is 14.9. The minimum Gasteiger partial charge on any atom is -0.325 e. The van der Waals surface area contributed by atoms with Gasteiger partial charge in [0, 0.05) is 17.2 Å². The van der Waals surface area contributed by atoms with Crippen molar-refractivity contribution in [1.29, 1.82) is 0 Å². The third-order valence-corrected chi connectivity index (χ3v) is 4.24. The first-order chi connectivity index (χ1) is 9.56. The highest BCUT2D eigenvalue weighted by Crippen LogP contribution is 2.36. The molecule has 1 N–H and O–H groups in total. The van der Waals surface area contributed by atoms with Gasteiger partial charge < -0.3 is 5.32 Å². The molecule has 0 atom stereocenters. The molecule has 0 saturated carbocycles. The minimum absolute atomic E-state index is 0.00625. The Labute approximate surface area is 123 Å². The standard InChI is InChI=1S/C16H19NO2S/c1-11(2)16(19)17-14-8-3-4-9-15(14)20-13-7-5-6-12(18)10-13/h3-4,8-11H,5-7H2,1-2H3,(H,17,19). The number of hydrogen-bond acceptors (Lipinski definition) is 3. The third-order valence-electron chi connectivity index (χ3n) is 3.08. The van der Waals surface area contributed by atoms with Crippen LogP contribution in [0.25, 0.3) is 0 Å². The van der Waals surface area contributed by atoms with Crippen LogP contribution in [0, 0.1) is 5.92 Å². The Kier molecular flexibility index (Phi) is 5.01. The second kappa shape index (κ2) is 6.75. The Morgan fingerprint density at radius 2 is 2.00 bits per heavy atom. The smallest absolute Gasteiger partial charge is 0.226 e. The van der Waals surface area contributed by atoms with E-state index in [0.29, 0.717) is 6.42 Å². The normalized spacial score (nSPS) is 15.2. The van der Waals surface area contributed by atoms with Crippen LogP contribution >= 0.6 is 11.8 Å². The molecule has 0 spiro atoms. The van der Waals surface area contributed by atoms with Crippen molar-refractivity contribution >= 4 is 29.1 Å². The molecule has 2 rings (SSSR count). The molecule has 20 heavy (non-hydrogen) atoms. The highest BCUT2D eigenvalue weighted by Gasteiger charge is 2.14. The molecule has 106 valence electrons. The van der Waals surface area contributed by atoms with Crippen molar-refractivity contribution in [2.75, 3.05) is 5.32 Å². The zero-order valence-electron chi connectivity index (χ0n) is 11.8. The van der Waals surface area contributed by atoms with Gasteiger partial charge in [-0.15, -0.1) is 0 Å². The van der Waals surface area contributed by atoms with Crippen LogP contribution in [0.3, 0.4) is 0 Å². The summed E-state index contributed by atoms with van der Waals surface area (Å²) in [7, 11) is 0. The maximum Gasteiger partial charge on any atom is 0.226 e. The molecule has 0 bridgehead atoms. The van der Waals surface area contributed by atoms with Crippen LogP contribution in [0.15, 0.2) is 40.1 Å². The molecule has 4 heteroatoms. The number of ketones is 1. The van der Waals surface area contributed by atoms with E-state index in [0.717, 1.165) is 28.3 Å². The molecule has 1 amide bonds. The first-order valence-electron chi connectivity index (χ1n) is 6.87. The van der Waals surface area contributed by atoms with E-state index in [1.165, 1.54) is 0 Å². The molecular formula is C16H19NO2S. The Balaban J connectivity index is 2.15. The van der Waals surface area contributed by atoms with Crippen molar-refractivity contribution < 1.29 is 9.59 Å². The summed E-state index contributed by atoms with van der Waals surface area (Å²) in [6.45, 7) is 3.74. The van der Waals surface area contributed by atoms with Gasteiger partial charge in [-0.1, -0.05) is 37.7 Å². The lowest BCUT2D eigenvalue weighted by Crippen LogP contribution is -2.18. The number of hydrogen-bond donors (Lipinski definition) is 1. The van der Waals surface area contributed by atoms with Crippen molar-refractivity contribution in [2.45, 2.75) is 38.0 Å². The fourth-order valence-corrected chi connectivity index (χ4v) is 3.01. The maximum atomic E-state index is 11.8. The molecule has 0 unspecified atom stereocenters. The van der Waals surface area contributed by atoms with Gasteiger partial charge in [-0.25, -0.2) is 0 Å². The molecular weight excluding hydrogens is 270 g/mol. The van der Waals surface area contributed by atoms with Crippen LogP contribution in [0.1, 0.15) is 33.1 Å². The number of nitrogens with one attached hydrogen (secondary N) is 1. The van der Waals surface area contributed by atoms with Gasteiger partial charge in [-0.3, -0.25) is 9.59 Å². The third kappa shape index (κ3) is 3.97. The van der Waals surface area contributed by atoms with E-state index >= 15 is 0 Å². The quantitative estimate of drug-likeness (QED) is 0.911. The highest BCUT2D eigenvalue weighted by molar-refractivity contribution is 8.03. The average Bonchev–Trinajstić information content (AvgIpc) is 2.41. The molecule has 0 aliphatic heterocycles. The molecule has 1 aliphatic carbocycles. The number of amides is 1. The van der Waals surface area contributed by atoms with E-state index < -0.39 is 0 Å². The predicted molar refractivity (Wildman–Crippen MR) is 82.7 cm³/mol. The number of carbonyl (C=O) groups excluding carboxylic acids is 2. The number of para-hydroxylation sites is 1. The lowest BCUT2D eigenvalue weighted by atomic mass is 10.1. The number of allylic oxidation sites excluding steroid dienone is 2. The zero-order chi connectivity index (χ0) is 14.5. The number of thioether (sulfide) groups is 1. The SMILES string of the molecule is CC(C)C(=O)Nc1ccccc1SC1=CC(=O)CCC1. The Morgan fingerprint density at radius 3 is 2.70 bits per heavy atom. The second-order valence-corrected chi connectivity index (χ2v) is 6.34. The molecule has 0 radical (unpaired) electrons. The van der Waals surface area contributed by atoms with Crippen molar-refractivity contribution in [2.24, 2.45) is 5.92 Å². The largest absolute Gasteiger partial charge is 0.325 e. The lowest BCUT2D eigenvalue weighted by Gasteiger charge is -2.15. The number of anilines is 1. The van der Waals surface area contributed by atoms with Crippen molar-refractivity contribution in [3.8, 4) is 0 Å². The van der Waals surface area contributed by atoms with Crippen LogP contribution in [0.5, 0.6) is 0 Å². The molecule has 0 heterocycles. The summed E-state index contributed by atoms with van der Waals surface area (Å²) >= 11 is 1.57. The summed E-state index contributed by atoms with van der Waals surface area (Å²) < 4.78 is 0. The fraction of sp³-hybridized carbons (Fsp3) is 0.375. The topological polar surface area (TPSA) is 46.2 Å². The summed E-state index contributed by atoms with van der Waals surface area (Å²) in [6.07, 6.45) is 4.23. The Hall–Kier alpha value is -1.55. The van der Waals surface area contributed by atoms with Crippen molar-refractivity contribution in [3.63, 3.8) is 0 Å². The van der Waals surface area contributed by atoms with E-state index in [1.54, 1.807) is 17.8 Å². The van der Waals surface area contributed by atoms with Gasteiger partial charge in [0.15, 0.2) is 5.78 Å². The predicted octanol–water partition coefficient (Wildman–Crippen LogP) is 4.01. The monoisotopic (exact) mass is 289 g/mol. The molecule has 1 aliphatic rings. The average molecular weight is 289 g/mol. The van der Waals surface area contributed by atoms with E-state index in [2.05, 4.69) is 5.32 Å². The number of benzene rings is 1. The van der Waals surface area contributed by atoms with Gasteiger partial charge >= 0.3 is 0 Å². The van der Waals surface area contributed by atoms with Crippen LogP contribution < -0.4 is 5.32 Å². The minimum atomic E-state index is -0.0523. The van der Waals surface area contributed by atoms with Crippen LogP contribution in [-0.4, -0.2) is 11.7 Å². The number of carbonyl (C=O) groups is 2. The lowest BCUT2D eigenvalue weighted by molar-refractivity contribution is -0.119. The summed E-state index contributed by atoms with van der Waals surface area (Å²) in [5, 5.41) is 2.94. The summed E-state index contributed by atoms with van der Waals surface area (Å²) in [5.41, 5.74) is 0.815. The van der Waals surface area contributed by atoms with Gasteiger partial charge in [-0.2, -0.15) is 0 Å². The van der Waals surface area contributed by atoms with Crippen LogP contribution in [0.2, 0.25) is 0 Å². The van der Waals surface area contributed by atoms with Gasteiger partial charge in [0.2, 0.25) is 5.91 Å². The van der Waals surface area contributed by atoms with Crippen molar-refractivity contribution in [3.05, 3.63) is 35.2 Å². The van der Waals surface area contributed by atoms with E-state index in [-0.39, 0.29) is 17.6 Å². The molecule has 0 saturated heterocycles. The van der Waals surface area contributed by atoms with Gasteiger partial charge in [0.1, 0.15) is 0 Å². The molecule has 1 aromatic carbocycles. The second-order valence-electron chi connectivity index (χ2n) is 5.17. The molecule has 0 fully saturated rings. The van der Waals surface area contributed by atoms with Gasteiger partial charge in [0.25, 0.3) is 0 Å². The fourth-order valence-electron chi connectivity index (χ4n) is 1.92. The van der Waals surface area contributed by atoms with E-state index in [4.69, 9.17) is 0 Å². The molecule has 1 aromatic rings. The van der Waals surface area contributed by atoms with Gasteiger partial charge in [-0.05, 0) is 36.0 Å². The Morgan fingerprint density at radius 1 is 1.25 bits per heavy atom.